The van der Waals surface area contributed by atoms with Gasteiger partial charge in [0, 0.05) is 17.2 Å². The van der Waals surface area contributed by atoms with E-state index in [1.807, 2.05) is 19.9 Å². The third-order valence-electron chi connectivity index (χ3n) is 3.42. The molecule has 2 rings (SSSR count). The molecule has 4 nitrogen and oxygen atoms in total. The molecule has 5 heteroatoms. The van der Waals surface area contributed by atoms with Gasteiger partial charge in [-0.15, -0.1) is 11.3 Å². The highest BCUT2D eigenvalue weighted by Crippen LogP contribution is 2.30. The summed E-state index contributed by atoms with van der Waals surface area (Å²) in [5, 5.41) is 8.92. The fraction of sp³-hybridized carbons (Fsp3) is 0.412. The summed E-state index contributed by atoms with van der Waals surface area (Å²) in [5.41, 5.74) is 1.07. The number of carboxylic acid groups (broad SMARTS) is 1. The summed E-state index contributed by atoms with van der Waals surface area (Å²) in [7, 11) is 0. The van der Waals surface area contributed by atoms with Crippen molar-refractivity contribution >= 4 is 23.1 Å². The average Bonchev–Trinajstić information content (AvgIpc) is 3.04. The summed E-state index contributed by atoms with van der Waals surface area (Å²) in [4.78, 5) is 24.2. The van der Waals surface area contributed by atoms with E-state index in [1.54, 1.807) is 6.07 Å². The molecule has 0 bridgehead atoms. The number of hydrogen-bond donors (Lipinski definition) is 1. The Morgan fingerprint density at radius 3 is 2.32 bits per heavy atom. The Morgan fingerprint density at radius 1 is 1.18 bits per heavy atom. The Labute approximate surface area is 133 Å². The van der Waals surface area contributed by atoms with Crippen LogP contribution in [-0.2, 0) is 6.42 Å². The molecule has 0 unspecified atom stereocenters. The molecule has 0 aliphatic heterocycles. The van der Waals surface area contributed by atoms with Crippen molar-refractivity contribution in [2.75, 3.05) is 0 Å². The first-order valence-electron chi connectivity index (χ1n) is 7.28. The molecule has 0 saturated carbocycles. The van der Waals surface area contributed by atoms with Crippen LogP contribution in [0.1, 0.15) is 76.0 Å². The van der Waals surface area contributed by atoms with Crippen molar-refractivity contribution in [3.63, 3.8) is 0 Å². The van der Waals surface area contributed by atoms with Gasteiger partial charge >= 0.3 is 5.97 Å². The maximum Gasteiger partial charge on any atom is 0.345 e. The van der Waals surface area contributed by atoms with Gasteiger partial charge in [0.1, 0.15) is 10.6 Å². The fourth-order valence-electron chi connectivity index (χ4n) is 2.29. The number of carbonyl (C=O) groups excluding carboxylic acids is 1. The molecule has 0 amide bonds. The van der Waals surface area contributed by atoms with Crippen LogP contribution in [0.4, 0.5) is 0 Å². The van der Waals surface area contributed by atoms with Crippen LogP contribution in [0, 0.1) is 0 Å². The highest BCUT2D eigenvalue weighted by Gasteiger charge is 2.21. The predicted molar refractivity (Wildman–Crippen MR) is 86.2 cm³/mol. The Hall–Kier alpha value is -1.88. The number of rotatable bonds is 6. The van der Waals surface area contributed by atoms with Crippen LogP contribution in [0.5, 0.6) is 0 Å². The Balaban J connectivity index is 2.22. The summed E-state index contributed by atoms with van der Waals surface area (Å²) in [6, 6.07) is 5.03. The molecule has 1 N–H and O–H groups in total. The third-order valence-corrected chi connectivity index (χ3v) is 4.49. The Kier molecular flexibility index (Phi) is 4.86. The molecule has 0 fully saturated rings. The predicted octanol–water partition coefficient (Wildman–Crippen LogP) is 4.71. The molecule has 0 atom stereocenters. The smallest absolute Gasteiger partial charge is 0.345 e. The maximum absolute atomic E-state index is 12.4. The van der Waals surface area contributed by atoms with E-state index in [2.05, 4.69) is 13.8 Å². The van der Waals surface area contributed by atoms with E-state index in [4.69, 9.17) is 9.52 Å². The minimum atomic E-state index is -0.967. The molecular weight excluding hydrogens is 300 g/mol. The van der Waals surface area contributed by atoms with Gasteiger partial charge in [-0.3, -0.25) is 4.79 Å². The van der Waals surface area contributed by atoms with Crippen molar-refractivity contribution in [2.45, 2.75) is 46.0 Å². The van der Waals surface area contributed by atoms with Crippen LogP contribution in [0.15, 0.2) is 22.6 Å². The second-order valence-electron chi connectivity index (χ2n) is 5.91. The fourth-order valence-corrected chi connectivity index (χ4v) is 3.14. The second kappa shape index (κ2) is 6.48. The summed E-state index contributed by atoms with van der Waals surface area (Å²) in [6.07, 6.45) is 0.167. The second-order valence-corrected chi connectivity index (χ2v) is 7.08. The number of carboxylic acids is 1. The van der Waals surface area contributed by atoms with E-state index in [1.165, 1.54) is 6.07 Å². The van der Waals surface area contributed by atoms with Crippen molar-refractivity contribution < 1.29 is 19.1 Å². The normalized spacial score (nSPS) is 11.4. The highest BCUT2D eigenvalue weighted by atomic mass is 32.1. The molecule has 0 spiro atoms. The van der Waals surface area contributed by atoms with Gasteiger partial charge in [-0.05, 0) is 29.7 Å². The van der Waals surface area contributed by atoms with E-state index in [-0.39, 0.29) is 23.0 Å². The zero-order chi connectivity index (χ0) is 16.4. The van der Waals surface area contributed by atoms with Crippen LogP contribution >= 0.6 is 11.3 Å². The van der Waals surface area contributed by atoms with Crippen molar-refractivity contribution in [2.24, 2.45) is 0 Å². The molecule has 0 saturated heterocycles. The molecule has 0 aromatic carbocycles. The molecular formula is C17H20O4S. The van der Waals surface area contributed by atoms with E-state index in [9.17, 15) is 9.59 Å². The van der Waals surface area contributed by atoms with Crippen LogP contribution in [-0.4, -0.2) is 16.9 Å². The zero-order valence-corrected chi connectivity index (χ0v) is 14.0. The molecule has 22 heavy (non-hydrogen) atoms. The first-order chi connectivity index (χ1) is 10.3. The van der Waals surface area contributed by atoms with Gasteiger partial charge in [0.05, 0.1) is 0 Å². The van der Waals surface area contributed by atoms with Crippen molar-refractivity contribution in [1.82, 2.24) is 0 Å². The third kappa shape index (κ3) is 3.47. The quantitative estimate of drug-likeness (QED) is 0.783. The van der Waals surface area contributed by atoms with Crippen LogP contribution < -0.4 is 0 Å². The maximum atomic E-state index is 12.4. The lowest BCUT2D eigenvalue weighted by molar-refractivity contribution is 0.0702. The van der Waals surface area contributed by atoms with Crippen LogP contribution in [0.25, 0.3) is 0 Å². The van der Waals surface area contributed by atoms with E-state index >= 15 is 0 Å². The summed E-state index contributed by atoms with van der Waals surface area (Å²) in [5.74, 6) is 0.647. The molecule has 2 aromatic rings. The number of thiophene rings is 1. The van der Waals surface area contributed by atoms with Gasteiger partial charge in [0.15, 0.2) is 5.76 Å². The summed E-state index contributed by atoms with van der Waals surface area (Å²) < 4.78 is 5.76. The van der Waals surface area contributed by atoms with Gasteiger partial charge in [-0.2, -0.15) is 0 Å². The summed E-state index contributed by atoms with van der Waals surface area (Å²) >= 11 is 1.13. The molecule has 118 valence electrons. The van der Waals surface area contributed by atoms with Crippen LogP contribution in [0.2, 0.25) is 0 Å². The van der Waals surface area contributed by atoms with E-state index < -0.39 is 5.97 Å². The molecule has 0 radical (unpaired) electrons. The molecule has 2 heterocycles. The van der Waals surface area contributed by atoms with Gasteiger partial charge < -0.3 is 9.52 Å². The topological polar surface area (TPSA) is 67.5 Å². The molecule has 2 aromatic heterocycles. The lowest BCUT2D eigenvalue weighted by Crippen LogP contribution is -2.00. The zero-order valence-electron chi connectivity index (χ0n) is 13.2. The Morgan fingerprint density at radius 2 is 1.86 bits per heavy atom. The number of furan rings is 1. The van der Waals surface area contributed by atoms with E-state index in [0.717, 1.165) is 27.5 Å². The average molecular weight is 320 g/mol. The number of ketones is 1. The molecule has 0 aliphatic rings. The standard InChI is InChI=1S/C17H20O4S/c1-9(2)12-8-14(21-16(12)10(3)4)13(18)7-11-5-6-15(22-11)17(19)20/h5-6,8-10H,7H2,1-4H3,(H,19,20). The molecule has 0 aliphatic carbocycles. The lowest BCUT2D eigenvalue weighted by Gasteiger charge is -2.07. The van der Waals surface area contributed by atoms with Crippen molar-refractivity contribution in [3.05, 3.63) is 45.0 Å². The minimum Gasteiger partial charge on any atom is -0.477 e. The van der Waals surface area contributed by atoms with E-state index in [0.29, 0.717) is 11.7 Å². The van der Waals surface area contributed by atoms with Gasteiger partial charge in [0.25, 0.3) is 0 Å². The number of carbonyl (C=O) groups is 2. The SMILES string of the molecule is CC(C)c1cc(C(=O)Cc2ccc(C(=O)O)s2)oc1C(C)C. The van der Waals surface area contributed by atoms with Gasteiger partial charge in [0.2, 0.25) is 5.78 Å². The number of aromatic carboxylic acids is 1. The van der Waals surface area contributed by atoms with Crippen molar-refractivity contribution in [3.8, 4) is 0 Å². The lowest BCUT2D eigenvalue weighted by atomic mass is 9.98. The van der Waals surface area contributed by atoms with Crippen molar-refractivity contribution in [1.29, 1.82) is 0 Å². The van der Waals surface area contributed by atoms with Gasteiger partial charge in [-0.25, -0.2) is 4.79 Å². The Bertz CT molecular complexity index is 666. The minimum absolute atomic E-state index is 0.118. The largest absolute Gasteiger partial charge is 0.477 e. The monoisotopic (exact) mass is 320 g/mol. The first-order valence-corrected chi connectivity index (χ1v) is 8.10. The van der Waals surface area contributed by atoms with Gasteiger partial charge in [-0.1, -0.05) is 27.7 Å². The number of hydrogen-bond acceptors (Lipinski definition) is 4. The number of Topliss-reactive ketones (excluding diaryl/α,β-unsaturated/α-hetero) is 1. The summed E-state index contributed by atoms with van der Waals surface area (Å²) in [6.45, 7) is 8.22. The first kappa shape index (κ1) is 16.5. The van der Waals surface area contributed by atoms with Crippen LogP contribution in [0.3, 0.4) is 0 Å². The highest BCUT2D eigenvalue weighted by molar-refractivity contribution is 7.14.